The van der Waals surface area contributed by atoms with Crippen molar-refractivity contribution >= 4 is 11.1 Å². The predicted molar refractivity (Wildman–Crippen MR) is 62.5 cm³/mol. The third kappa shape index (κ3) is 3.05. The summed E-state index contributed by atoms with van der Waals surface area (Å²) in [5, 5.41) is 11.5. The molecule has 0 aliphatic heterocycles. The van der Waals surface area contributed by atoms with Crippen molar-refractivity contribution in [3.63, 3.8) is 0 Å². The second-order valence-electron chi connectivity index (χ2n) is 4.12. The van der Waals surface area contributed by atoms with Gasteiger partial charge in [-0.1, -0.05) is 0 Å². The Morgan fingerprint density at radius 1 is 1.37 bits per heavy atom. The van der Waals surface area contributed by atoms with Crippen LogP contribution in [0.4, 0.5) is 13.2 Å². The molecule has 7 heteroatoms. The largest absolute Gasteiger partial charge is 0.440 e. The van der Waals surface area contributed by atoms with Gasteiger partial charge in [-0.3, -0.25) is 0 Å². The van der Waals surface area contributed by atoms with Gasteiger partial charge in [0.25, 0.3) is 0 Å². The lowest BCUT2D eigenvalue weighted by molar-refractivity contribution is -0.136. The zero-order valence-electron chi connectivity index (χ0n) is 10.2. The number of hydrogen-bond acceptors (Lipinski definition) is 4. The first kappa shape index (κ1) is 13.8. The SMILES string of the molecule is Cc1nc2cc(CNCCO)cc(C(F)(F)F)c2o1. The van der Waals surface area contributed by atoms with E-state index in [1.165, 1.54) is 6.92 Å². The molecule has 0 bridgehead atoms. The van der Waals surface area contributed by atoms with Gasteiger partial charge in [0.15, 0.2) is 11.5 Å². The second-order valence-corrected chi connectivity index (χ2v) is 4.12. The Labute approximate surface area is 107 Å². The van der Waals surface area contributed by atoms with Crippen molar-refractivity contribution in [3.8, 4) is 0 Å². The lowest BCUT2D eigenvalue weighted by Crippen LogP contribution is -2.18. The van der Waals surface area contributed by atoms with E-state index in [1.54, 1.807) is 6.07 Å². The van der Waals surface area contributed by atoms with Crippen molar-refractivity contribution in [1.29, 1.82) is 0 Å². The first-order valence-corrected chi connectivity index (χ1v) is 5.70. The van der Waals surface area contributed by atoms with Crippen molar-refractivity contribution in [1.82, 2.24) is 10.3 Å². The highest BCUT2D eigenvalue weighted by Crippen LogP contribution is 2.36. The Hall–Kier alpha value is -1.60. The molecule has 2 N–H and O–H groups in total. The van der Waals surface area contributed by atoms with Crippen molar-refractivity contribution in [3.05, 3.63) is 29.2 Å². The molecular weight excluding hydrogens is 261 g/mol. The molecule has 0 spiro atoms. The van der Waals surface area contributed by atoms with Gasteiger partial charge in [-0.05, 0) is 17.7 Å². The first-order chi connectivity index (χ1) is 8.91. The summed E-state index contributed by atoms with van der Waals surface area (Å²) in [6.07, 6.45) is -4.49. The van der Waals surface area contributed by atoms with Gasteiger partial charge in [0.2, 0.25) is 0 Å². The lowest BCUT2D eigenvalue weighted by Gasteiger charge is -2.09. The van der Waals surface area contributed by atoms with E-state index in [9.17, 15) is 13.2 Å². The van der Waals surface area contributed by atoms with Gasteiger partial charge in [0.05, 0.1) is 6.61 Å². The van der Waals surface area contributed by atoms with Crippen LogP contribution < -0.4 is 5.32 Å². The molecule has 0 radical (unpaired) electrons. The molecule has 0 atom stereocenters. The zero-order valence-corrected chi connectivity index (χ0v) is 10.2. The number of benzene rings is 1. The van der Waals surface area contributed by atoms with Gasteiger partial charge in [-0.25, -0.2) is 4.98 Å². The maximum absolute atomic E-state index is 12.9. The highest BCUT2D eigenvalue weighted by Gasteiger charge is 2.35. The topological polar surface area (TPSA) is 58.3 Å². The number of aromatic nitrogens is 1. The van der Waals surface area contributed by atoms with Crippen LogP contribution in [-0.4, -0.2) is 23.2 Å². The van der Waals surface area contributed by atoms with E-state index in [1.807, 2.05) is 0 Å². The molecule has 2 rings (SSSR count). The molecule has 0 unspecified atom stereocenters. The van der Waals surface area contributed by atoms with Crippen LogP contribution in [0.15, 0.2) is 16.5 Å². The lowest BCUT2D eigenvalue weighted by atomic mass is 10.1. The van der Waals surface area contributed by atoms with Gasteiger partial charge in [-0.15, -0.1) is 0 Å². The summed E-state index contributed by atoms with van der Waals surface area (Å²) in [7, 11) is 0. The van der Waals surface area contributed by atoms with Gasteiger partial charge in [0, 0.05) is 20.0 Å². The monoisotopic (exact) mass is 274 g/mol. The van der Waals surface area contributed by atoms with Crippen LogP contribution in [0.25, 0.3) is 11.1 Å². The first-order valence-electron chi connectivity index (χ1n) is 5.70. The summed E-state index contributed by atoms with van der Waals surface area (Å²) in [5.74, 6) is 0.195. The zero-order chi connectivity index (χ0) is 14.0. The normalized spacial score (nSPS) is 12.3. The maximum atomic E-state index is 12.9. The Bertz CT molecular complexity index is 578. The smallest absolute Gasteiger partial charge is 0.420 e. The van der Waals surface area contributed by atoms with E-state index in [-0.39, 0.29) is 30.1 Å². The highest BCUT2D eigenvalue weighted by atomic mass is 19.4. The number of rotatable bonds is 4. The summed E-state index contributed by atoms with van der Waals surface area (Å²) < 4.78 is 43.9. The fraction of sp³-hybridized carbons (Fsp3) is 0.417. The molecule has 1 aromatic carbocycles. The molecule has 0 fully saturated rings. The van der Waals surface area contributed by atoms with Crippen molar-refractivity contribution in [2.24, 2.45) is 0 Å². The molecule has 2 aromatic rings. The fourth-order valence-electron chi connectivity index (χ4n) is 1.83. The number of fused-ring (bicyclic) bond motifs is 1. The number of alkyl halides is 3. The molecule has 0 amide bonds. The number of hydrogen-bond donors (Lipinski definition) is 2. The number of aliphatic hydroxyl groups excluding tert-OH is 1. The van der Waals surface area contributed by atoms with Gasteiger partial charge in [-0.2, -0.15) is 13.2 Å². The van der Waals surface area contributed by atoms with Crippen molar-refractivity contribution < 1.29 is 22.7 Å². The molecule has 1 heterocycles. The molecule has 104 valence electrons. The Morgan fingerprint density at radius 2 is 2.11 bits per heavy atom. The van der Waals surface area contributed by atoms with E-state index in [2.05, 4.69) is 10.3 Å². The van der Waals surface area contributed by atoms with Crippen LogP contribution in [0.3, 0.4) is 0 Å². The molecular formula is C12H13F3N2O2. The molecule has 1 aromatic heterocycles. The third-order valence-corrected chi connectivity index (χ3v) is 2.58. The predicted octanol–water partition coefficient (Wildman–Crippen LogP) is 2.24. The van der Waals surface area contributed by atoms with Crippen molar-refractivity contribution in [2.75, 3.05) is 13.2 Å². The second kappa shape index (κ2) is 5.18. The van der Waals surface area contributed by atoms with Crippen molar-refractivity contribution in [2.45, 2.75) is 19.6 Å². The summed E-state index contributed by atoms with van der Waals surface area (Å²) in [4.78, 5) is 3.93. The van der Waals surface area contributed by atoms with E-state index in [0.717, 1.165) is 6.07 Å². The van der Waals surface area contributed by atoms with Crippen LogP contribution in [0.1, 0.15) is 17.0 Å². The van der Waals surface area contributed by atoms with E-state index in [4.69, 9.17) is 9.52 Å². The third-order valence-electron chi connectivity index (χ3n) is 2.58. The molecule has 0 aliphatic carbocycles. The van der Waals surface area contributed by atoms with E-state index in [0.29, 0.717) is 12.1 Å². The molecule has 4 nitrogen and oxygen atoms in total. The van der Waals surface area contributed by atoms with Crippen LogP contribution in [-0.2, 0) is 12.7 Å². The number of oxazole rings is 1. The minimum Gasteiger partial charge on any atom is -0.440 e. The maximum Gasteiger partial charge on any atom is 0.420 e. The molecule has 0 saturated carbocycles. The van der Waals surface area contributed by atoms with E-state index >= 15 is 0 Å². The summed E-state index contributed by atoms with van der Waals surface area (Å²) >= 11 is 0. The number of halogens is 3. The summed E-state index contributed by atoms with van der Waals surface area (Å²) in [6.45, 7) is 1.98. The standard InChI is InChI=1S/C12H13F3N2O2/c1-7-17-10-5-8(6-16-2-3-18)4-9(11(10)19-7)12(13,14)15/h4-5,16,18H,2-3,6H2,1H3. The summed E-state index contributed by atoms with van der Waals surface area (Å²) in [5.41, 5.74) is -0.433. The quantitative estimate of drug-likeness (QED) is 0.839. The van der Waals surface area contributed by atoms with Crippen LogP contribution in [0.2, 0.25) is 0 Å². The average molecular weight is 274 g/mol. The Kier molecular flexibility index (Phi) is 3.77. The number of aryl methyl sites for hydroxylation is 1. The Balaban J connectivity index is 2.44. The van der Waals surface area contributed by atoms with Gasteiger partial charge >= 0.3 is 6.18 Å². The van der Waals surface area contributed by atoms with Gasteiger partial charge in [0.1, 0.15) is 11.1 Å². The van der Waals surface area contributed by atoms with Crippen LogP contribution in [0, 0.1) is 6.92 Å². The molecule has 19 heavy (non-hydrogen) atoms. The number of nitrogens with zero attached hydrogens (tertiary/aromatic N) is 1. The van der Waals surface area contributed by atoms with E-state index < -0.39 is 11.7 Å². The van der Waals surface area contributed by atoms with Crippen LogP contribution >= 0.6 is 0 Å². The Morgan fingerprint density at radius 3 is 2.74 bits per heavy atom. The molecule has 0 aliphatic rings. The number of nitrogens with one attached hydrogen (secondary N) is 1. The fourth-order valence-corrected chi connectivity index (χ4v) is 1.83. The van der Waals surface area contributed by atoms with Gasteiger partial charge < -0.3 is 14.8 Å². The van der Waals surface area contributed by atoms with Crippen LogP contribution in [0.5, 0.6) is 0 Å². The summed E-state index contributed by atoms with van der Waals surface area (Å²) in [6, 6.07) is 2.59. The highest BCUT2D eigenvalue weighted by molar-refractivity contribution is 5.78. The number of aliphatic hydroxyl groups is 1. The minimum atomic E-state index is -4.49. The minimum absolute atomic E-state index is 0.0720. The molecule has 0 saturated heterocycles. The average Bonchev–Trinajstić information content (AvgIpc) is 2.67.